The third-order valence-corrected chi connectivity index (χ3v) is 3.28. The van der Waals surface area contributed by atoms with Gasteiger partial charge in [0.25, 0.3) is 0 Å². The summed E-state index contributed by atoms with van der Waals surface area (Å²) in [5.74, 6) is 3.10. The van der Waals surface area contributed by atoms with Gasteiger partial charge in [-0.2, -0.15) is 0 Å². The Morgan fingerprint density at radius 2 is 2.09 bits per heavy atom. The van der Waals surface area contributed by atoms with E-state index in [1.807, 2.05) is 0 Å². The summed E-state index contributed by atoms with van der Waals surface area (Å²) in [6.45, 7) is 7.11. The predicted molar refractivity (Wildman–Crippen MR) is 50.6 cm³/mol. The van der Waals surface area contributed by atoms with E-state index in [0.717, 1.165) is 17.8 Å². The molecule has 0 aromatic carbocycles. The molecule has 1 fully saturated rings. The fourth-order valence-corrected chi connectivity index (χ4v) is 2.21. The van der Waals surface area contributed by atoms with Gasteiger partial charge in [-0.15, -0.1) is 0 Å². The maximum absolute atomic E-state index is 2.41. The van der Waals surface area contributed by atoms with Crippen LogP contribution in [0.5, 0.6) is 0 Å². The summed E-state index contributed by atoms with van der Waals surface area (Å²) in [6, 6.07) is 0. The molecule has 3 unspecified atom stereocenters. The molecule has 0 radical (unpaired) electrons. The Kier molecular flexibility index (Phi) is 3.42. The van der Waals surface area contributed by atoms with Crippen LogP contribution in [0.3, 0.4) is 0 Å². The fourth-order valence-electron chi connectivity index (χ4n) is 2.21. The Balaban J connectivity index is 2.09. The van der Waals surface area contributed by atoms with Gasteiger partial charge >= 0.3 is 0 Å². The molecule has 3 atom stereocenters. The summed E-state index contributed by atoms with van der Waals surface area (Å²) in [4.78, 5) is 0. The monoisotopic (exact) mass is 154 g/mol. The molecule has 66 valence electrons. The zero-order valence-corrected chi connectivity index (χ0v) is 8.27. The minimum atomic E-state index is 0.979. The van der Waals surface area contributed by atoms with Crippen molar-refractivity contribution in [1.82, 2.24) is 0 Å². The van der Waals surface area contributed by atoms with E-state index in [1.54, 1.807) is 0 Å². The van der Waals surface area contributed by atoms with Crippen molar-refractivity contribution >= 4 is 0 Å². The van der Waals surface area contributed by atoms with Gasteiger partial charge in [0, 0.05) is 0 Å². The largest absolute Gasteiger partial charge is 0.0654 e. The van der Waals surface area contributed by atoms with Gasteiger partial charge in [0.05, 0.1) is 0 Å². The van der Waals surface area contributed by atoms with Crippen LogP contribution in [0.1, 0.15) is 52.9 Å². The first kappa shape index (κ1) is 9.09. The van der Waals surface area contributed by atoms with Crippen LogP contribution < -0.4 is 0 Å². The summed E-state index contributed by atoms with van der Waals surface area (Å²) in [5, 5.41) is 0. The van der Waals surface area contributed by atoms with E-state index in [-0.39, 0.29) is 0 Å². The van der Waals surface area contributed by atoms with Crippen molar-refractivity contribution in [3.05, 3.63) is 0 Å². The molecule has 0 bridgehead atoms. The molecule has 1 aliphatic carbocycles. The third kappa shape index (κ3) is 2.50. The molecule has 0 saturated heterocycles. The van der Waals surface area contributed by atoms with Crippen molar-refractivity contribution in [2.24, 2.45) is 17.8 Å². The highest BCUT2D eigenvalue weighted by Gasteiger charge is 2.27. The third-order valence-electron chi connectivity index (χ3n) is 3.28. The van der Waals surface area contributed by atoms with E-state index in [4.69, 9.17) is 0 Å². The molecule has 1 rings (SSSR count). The Labute approximate surface area is 71.4 Å². The topological polar surface area (TPSA) is 0 Å². The molecule has 0 amide bonds. The number of hydrogen-bond acceptors (Lipinski definition) is 0. The second-order valence-corrected chi connectivity index (χ2v) is 4.44. The van der Waals surface area contributed by atoms with Crippen molar-refractivity contribution in [3.8, 4) is 0 Å². The highest BCUT2D eigenvalue weighted by Crippen LogP contribution is 2.38. The smallest absolute Gasteiger partial charge is 0.0386 e. The Morgan fingerprint density at radius 1 is 1.36 bits per heavy atom. The van der Waals surface area contributed by atoms with Gasteiger partial charge in [-0.1, -0.05) is 40.0 Å². The van der Waals surface area contributed by atoms with Gasteiger partial charge in [-0.3, -0.25) is 0 Å². The van der Waals surface area contributed by atoms with E-state index >= 15 is 0 Å². The second-order valence-electron chi connectivity index (χ2n) is 4.44. The van der Waals surface area contributed by atoms with Gasteiger partial charge in [-0.25, -0.2) is 0 Å². The highest BCUT2D eigenvalue weighted by molar-refractivity contribution is 4.78. The molecular weight excluding hydrogens is 132 g/mol. The molecule has 0 heteroatoms. The Bertz CT molecular complexity index is 107. The van der Waals surface area contributed by atoms with Crippen LogP contribution in [-0.4, -0.2) is 0 Å². The fraction of sp³-hybridized carbons (Fsp3) is 1.00. The molecule has 0 nitrogen and oxygen atoms in total. The lowest BCUT2D eigenvalue weighted by atomic mass is 9.70. The quantitative estimate of drug-likeness (QED) is 0.577. The SMILES string of the molecule is CCCC(C)CC1CCC1C. The summed E-state index contributed by atoms with van der Waals surface area (Å²) in [6.07, 6.45) is 7.29. The van der Waals surface area contributed by atoms with Gasteiger partial charge in [0.15, 0.2) is 0 Å². The molecule has 0 N–H and O–H groups in total. The lowest BCUT2D eigenvalue weighted by molar-refractivity contribution is 0.158. The van der Waals surface area contributed by atoms with E-state index < -0.39 is 0 Å². The van der Waals surface area contributed by atoms with Crippen molar-refractivity contribution in [2.45, 2.75) is 52.9 Å². The normalized spacial score (nSPS) is 33.0. The van der Waals surface area contributed by atoms with Crippen LogP contribution in [0.4, 0.5) is 0 Å². The first-order valence-electron chi connectivity index (χ1n) is 5.24. The molecule has 0 heterocycles. The number of hydrogen-bond donors (Lipinski definition) is 0. The molecule has 0 aromatic heterocycles. The Hall–Kier alpha value is 0. The van der Waals surface area contributed by atoms with Crippen LogP contribution in [0.25, 0.3) is 0 Å². The number of rotatable bonds is 4. The highest BCUT2D eigenvalue weighted by atomic mass is 14.3. The van der Waals surface area contributed by atoms with Crippen molar-refractivity contribution in [1.29, 1.82) is 0 Å². The van der Waals surface area contributed by atoms with Crippen LogP contribution in [0.2, 0.25) is 0 Å². The summed E-state index contributed by atoms with van der Waals surface area (Å²) in [5.41, 5.74) is 0. The molecule has 0 aliphatic heterocycles. The van der Waals surface area contributed by atoms with Crippen LogP contribution in [-0.2, 0) is 0 Å². The summed E-state index contributed by atoms with van der Waals surface area (Å²) in [7, 11) is 0. The van der Waals surface area contributed by atoms with E-state index in [1.165, 1.54) is 32.1 Å². The van der Waals surface area contributed by atoms with Crippen LogP contribution >= 0.6 is 0 Å². The van der Waals surface area contributed by atoms with Gasteiger partial charge in [-0.05, 0) is 30.6 Å². The lowest BCUT2D eigenvalue weighted by Crippen LogP contribution is -2.24. The zero-order chi connectivity index (χ0) is 8.27. The summed E-state index contributed by atoms with van der Waals surface area (Å²) >= 11 is 0. The first-order valence-corrected chi connectivity index (χ1v) is 5.24. The standard InChI is InChI=1S/C11H22/c1-4-5-9(2)8-11-7-6-10(11)3/h9-11H,4-8H2,1-3H3. The lowest BCUT2D eigenvalue weighted by Gasteiger charge is -2.35. The predicted octanol–water partition coefficient (Wildman–Crippen LogP) is 3.86. The second kappa shape index (κ2) is 4.13. The average molecular weight is 154 g/mol. The van der Waals surface area contributed by atoms with Crippen molar-refractivity contribution < 1.29 is 0 Å². The van der Waals surface area contributed by atoms with Gasteiger partial charge < -0.3 is 0 Å². The maximum atomic E-state index is 2.41. The van der Waals surface area contributed by atoms with Crippen molar-refractivity contribution in [2.75, 3.05) is 0 Å². The van der Waals surface area contributed by atoms with E-state index in [0.29, 0.717) is 0 Å². The maximum Gasteiger partial charge on any atom is -0.0386 e. The Morgan fingerprint density at radius 3 is 2.45 bits per heavy atom. The van der Waals surface area contributed by atoms with E-state index in [9.17, 15) is 0 Å². The van der Waals surface area contributed by atoms with E-state index in [2.05, 4.69) is 20.8 Å². The molecule has 1 aliphatic rings. The van der Waals surface area contributed by atoms with Gasteiger partial charge in [0.2, 0.25) is 0 Å². The summed E-state index contributed by atoms with van der Waals surface area (Å²) < 4.78 is 0. The molecule has 0 aromatic rings. The molecular formula is C11H22. The zero-order valence-electron chi connectivity index (χ0n) is 8.27. The van der Waals surface area contributed by atoms with Gasteiger partial charge in [0.1, 0.15) is 0 Å². The molecule has 11 heavy (non-hydrogen) atoms. The molecule has 1 saturated carbocycles. The minimum absolute atomic E-state index is 0.979. The minimum Gasteiger partial charge on any atom is -0.0654 e. The first-order chi connectivity index (χ1) is 5.24. The van der Waals surface area contributed by atoms with Crippen LogP contribution in [0.15, 0.2) is 0 Å². The average Bonchev–Trinajstić information content (AvgIpc) is 1.98. The van der Waals surface area contributed by atoms with Crippen LogP contribution in [0, 0.1) is 17.8 Å². The molecule has 0 spiro atoms. The van der Waals surface area contributed by atoms with Crippen molar-refractivity contribution in [3.63, 3.8) is 0 Å².